The van der Waals surface area contributed by atoms with Gasteiger partial charge in [-0.15, -0.1) is 11.3 Å². The Morgan fingerprint density at radius 2 is 1.79 bits per heavy atom. The zero-order valence-electron chi connectivity index (χ0n) is 18.9. The van der Waals surface area contributed by atoms with Gasteiger partial charge in [-0.1, -0.05) is 12.1 Å². The van der Waals surface area contributed by atoms with Crippen molar-refractivity contribution in [3.8, 4) is 11.5 Å². The standard InChI is InChI=1S/C24H28N4O5S/c25-22(30)21-15-5-1-4-8-19(15)34-23(21)26-20(29)13-27-9-11-28(12-10-27)24(31)18-14-32-16-6-2-3-7-17(16)33-18/h2-3,6-7,18H,1,4-5,8-14H2,(H2,25,30)(H,26,29). The van der Waals surface area contributed by atoms with E-state index in [0.717, 1.165) is 36.1 Å². The minimum absolute atomic E-state index is 0.103. The summed E-state index contributed by atoms with van der Waals surface area (Å²) >= 11 is 1.47. The number of nitrogens with zero attached hydrogens (tertiary/aromatic N) is 2. The van der Waals surface area contributed by atoms with Crippen molar-refractivity contribution in [1.82, 2.24) is 9.80 Å². The summed E-state index contributed by atoms with van der Waals surface area (Å²) in [6.07, 6.45) is 3.21. The summed E-state index contributed by atoms with van der Waals surface area (Å²) in [6, 6.07) is 7.31. The van der Waals surface area contributed by atoms with E-state index < -0.39 is 12.0 Å². The van der Waals surface area contributed by atoms with Crippen LogP contribution in [-0.4, -0.2) is 73.0 Å². The number of para-hydroxylation sites is 2. The summed E-state index contributed by atoms with van der Waals surface area (Å²) < 4.78 is 11.5. The van der Waals surface area contributed by atoms with E-state index in [0.29, 0.717) is 48.2 Å². The van der Waals surface area contributed by atoms with Gasteiger partial charge >= 0.3 is 0 Å². The Bertz CT molecular complexity index is 1110. The Morgan fingerprint density at radius 3 is 2.56 bits per heavy atom. The lowest BCUT2D eigenvalue weighted by Gasteiger charge is -2.36. The molecule has 10 heteroatoms. The molecular weight excluding hydrogens is 456 g/mol. The predicted molar refractivity (Wildman–Crippen MR) is 127 cm³/mol. The minimum atomic E-state index is -0.665. The first kappa shape index (κ1) is 22.7. The first-order chi connectivity index (χ1) is 16.5. The molecule has 0 radical (unpaired) electrons. The molecule has 1 aromatic heterocycles. The van der Waals surface area contributed by atoms with E-state index in [1.54, 1.807) is 11.0 Å². The van der Waals surface area contributed by atoms with Crippen LogP contribution in [0.4, 0.5) is 5.00 Å². The number of hydrogen-bond acceptors (Lipinski definition) is 7. The maximum atomic E-state index is 12.9. The molecule has 2 aromatic rings. The minimum Gasteiger partial charge on any atom is -0.485 e. The molecule has 0 bridgehead atoms. The number of aryl methyl sites for hydroxylation is 1. The smallest absolute Gasteiger partial charge is 0.267 e. The highest BCUT2D eigenvalue weighted by Gasteiger charge is 2.33. The van der Waals surface area contributed by atoms with E-state index in [-0.39, 0.29) is 25.0 Å². The first-order valence-corrected chi connectivity index (χ1v) is 12.4. The topological polar surface area (TPSA) is 114 Å². The van der Waals surface area contributed by atoms with Gasteiger partial charge in [0, 0.05) is 31.1 Å². The molecule has 3 aliphatic rings. The number of amides is 3. The molecule has 1 atom stereocenters. The van der Waals surface area contributed by atoms with E-state index in [4.69, 9.17) is 15.2 Å². The van der Waals surface area contributed by atoms with Gasteiger partial charge in [-0.2, -0.15) is 0 Å². The van der Waals surface area contributed by atoms with Crippen molar-refractivity contribution in [2.75, 3.05) is 44.6 Å². The zero-order chi connectivity index (χ0) is 23.7. The molecule has 1 saturated heterocycles. The summed E-state index contributed by atoms with van der Waals surface area (Å²) in [4.78, 5) is 42.6. The monoisotopic (exact) mass is 484 g/mol. The van der Waals surface area contributed by atoms with Crippen LogP contribution < -0.4 is 20.5 Å². The van der Waals surface area contributed by atoms with E-state index in [2.05, 4.69) is 5.32 Å². The van der Waals surface area contributed by atoms with Gasteiger partial charge in [0.2, 0.25) is 12.0 Å². The lowest BCUT2D eigenvalue weighted by molar-refractivity contribution is -0.143. The second kappa shape index (κ2) is 9.63. The Morgan fingerprint density at radius 1 is 1.06 bits per heavy atom. The summed E-state index contributed by atoms with van der Waals surface area (Å²) in [5, 5.41) is 3.47. The number of carbonyl (C=O) groups is 3. The van der Waals surface area contributed by atoms with E-state index in [9.17, 15) is 14.4 Å². The molecule has 34 heavy (non-hydrogen) atoms. The number of carbonyl (C=O) groups excluding carboxylic acids is 3. The van der Waals surface area contributed by atoms with Crippen molar-refractivity contribution in [3.63, 3.8) is 0 Å². The predicted octanol–water partition coefficient (Wildman–Crippen LogP) is 1.65. The van der Waals surface area contributed by atoms with E-state index >= 15 is 0 Å². The van der Waals surface area contributed by atoms with Crippen LogP contribution in [-0.2, 0) is 22.4 Å². The Labute approximate surface area is 201 Å². The number of benzene rings is 1. The van der Waals surface area contributed by atoms with Crippen LogP contribution >= 0.6 is 11.3 Å². The number of primary amides is 1. The number of nitrogens with one attached hydrogen (secondary N) is 1. The Balaban J connectivity index is 1.14. The molecule has 1 aliphatic carbocycles. The van der Waals surface area contributed by atoms with E-state index in [1.165, 1.54) is 11.3 Å². The van der Waals surface area contributed by atoms with Crippen molar-refractivity contribution in [1.29, 1.82) is 0 Å². The molecule has 9 nitrogen and oxygen atoms in total. The average Bonchev–Trinajstić information content (AvgIpc) is 3.21. The molecule has 0 saturated carbocycles. The highest BCUT2D eigenvalue weighted by atomic mass is 32.1. The largest absolute Gasteiger partial charge is 0.485 e. The zero-order valence-corrected chi connectivity index (χ0v) is 19.7. The van der Waals surface area contributed by atoms with Crippen LogP contribution in [0.1, 0.15) is 33.6 Å². The third kappa shape index (κ3) is 4.60. The molecule has 5 rings (SSSR count). The molecule has 1 unspecified atom stereocenters. The lowest BCUT2D eigenvalue weighted by Crippen LogP contribution is -2.54. The number of rotatable bonds is 5. The van der Waals surface area contributed by atoms with E-state index in [1.807, 2.05) is 23.1 Å². The fraction of sp³-hybridized carbons (Fsp3) is 0.458. The normalized spacial score (nSPS) is 19.9. The summed E-state index contributed by atoms with van der Waals surface area (Å²) in [5.74, 6) is 0.454. The highest BCUT2D eigenvalue weighted by molar-refractivity contribution is 7.17. The molecule has 2 aliphatic heterocycles. The molecule has 0 spiro atoms. The van der Waals surface area contributed by atoms with Crippen LogP contribution in [0, 0.1) is 0 Å². The fourth-order valence-corrected chi connectivity index (χ4v) is 6.07. The maximum Gasteiger partial charge on any atom is 0.267 e. The van der Waals surface area contributed by atoms with Gasteiger partial charge in [0.15, 0.2) is 11.5 Å². The molecule has 1 aromatic carbocycles. The van der Waals surface area contributed by atoms with Crippen molar-refractivity contribution in [2.45, 2.75) is 31.8 Å². The maximum absolute atomic E-state index is 12.9. The van der Waals surface area contributed by atoms with Gasteiger partial charge in [0.25, 0.3) is 11.8 Å². The third-order valence-electron chi connectivity index (χ3n) is 6.51. The quantitative estimate of drug-likeness (QED) is 0.667. The number of hydrogen-bond donors (Lipinski definition) is 2. The fourth-order valence-electron chi connectivity index (χ4n) is 4.76. The van der Waals surface area contributed by atoms with Crippen molar-refractivity contribution < 1.29 is 23.9 Å². The summed E-state index contributed by atoms with van der Waals surface area (Å²) in [5.41, 5.74) is 7.10. The van der Waals surface area contributed by atoms with Crippen molar-refractivity contribution >= 4 is 34.1 Å². The van der Waals surface area contributed by atoms with Crippen LogP contribution in [0.3, 0.4) is 0 Å². The summed E-state index contributed by atoms with van der Waals surface area (Å²) in [7, 11) is 0. The average molecular weight is 485 g/mol. The van der Waals surface area contributed by atoms with Crippen LogP contribution in [0.15, 0.2) is 24.3 Å². The van der Waals surface area contributed by atoms with Crippen molar-refractivity contribution in [2.24, 2.45) is 5.73 Å². The lowest BCUT2D eigenvalue weighted by atomic mass is 9.95. The number of thiophene rings is 1. The van der Waals surface area contributed by atoms with Crippen molar-refractivity contribution in [3.05, 3.63) is 40.3 Å². The van der Waals surface area contributed by atoms with Gasteiger partial charge in [-0.25, -0.2) is 0 Å². The second-order valence-corrected chi connectivity index (χ2v) is 9.90. The van der Waals surface area contributed by atoms with Gasteiger partial charge in [-0.3, -0.25) is 19.3 Å². The van der Waals surface area contributed by atoms with Gasteiger partial charge < -0.3 is 25.4 Å². The molecule has 1 fully saturated rings. The molecule has 3 N–H and O–H groups in total. The Hall–Kier alpha value is -3.11. The molecular formula is C24H28N4O5S. The third-order valence-corrected chi connectivity index (χ3v) is 7.71. The van der Waals surface area contributed by atoms with Crippen LogP contribution in [0.25, 0.3) is 0 Å². The Kier molecular flexibility index (Phi) is 6.42. The number of anilines is 1. The van der Waals surface area contributed by atoms with Gasteiger partial charge in [-0.05, 0) is 43.4 Å². The highest BCUT2D eigenvalue weighted by Crippen LogP contribution is 2.38. The number of fused-ring (bicyclic) bond motifs is 2. The molecule has 3 heterocycles. The van der Waals surface area contributed by atoms with Gasteiger partial charge in [0.1, 0.15) is 11.6 Å². The van der Waals surface area contributed by atoms with Crippen LogP contribution in [0.5, 0.6) is 11.5 Å². The molecule has 3 amide bonds. The summed E-state index contributed by atoms with van der Waals surface area (Å²) in [6.45, 7) is 2.55. The number of piperazine rings is 1. The number of nitrogens with two attached hydrogens (primary N) is 1. The SMILES string of the molecule is NC(=O)c1c(NC(=O)CN2CCN(C(=O)C3COc4ccccc4O3)CC2)sc2c1CCCC2. The van der Waals surface area contributed by atoms with Crippen LogP contribution in [0.2, 0.25) is 0 Å². The van der Waals surface area contributed by atoms with Gasteiger partial charge in [0.05, 0.1) is 12.1 Å². The number of ether oxygens (including phenoxy) is 2. The molecule has 180 valence electrons. The first-order valence-electron chi connectivity index (χ1n) is 11.6. The second-order valence-electron chi connectivity index (χ2n) is 8.79.